The fourth-order valence-electron chi connectivity index (χ4n) is 2.95. The van der Waals surface area contributed by atoms with Crippen LogP contribution in [0.3, 0.4) is 0 Å². The van der Waals surface area contributed by atoms with Gasteiger partial charge in [-0.05, 0) is 29.7 Å². The molecule has 3 rings (SSSR count). The number of amides is 1. The molecule has 24 heavy (non-hydrogen) atoms. The van der Waals surface area contributed by atoms with Gasteiger partial charge in [0.05, 0.1) is 11.6 Å². The van der Waals surface area contributed by atoms with Crippen LogP contribution in [0.25, 0.3) is 0 Å². The molecule has 3 nitrogen and oxygen atoms in total. The number of aliphatic hydroxyl groups is 1. The van der Waals surface area contributed by atoms with E-state index in [9.17, 15) is 23.1 Å². The predicted octanol–water partition coefficient (Wildman–Crippen LogP) is 2.89. The van der Waals surface area contributed by atoms with Crippen LogP contribution in [0.4, 0.5) is 13.2 Å². The number of nitrogens with one attached hydrogen (secondary N) is 1. The lowest BCUT2D eigenvalue weighted by Gasteiger charge is -2.39. The average molecular weight is 335 g/mol. The average Bonchev–Trinajstić information content (AvgIpc) is 2.58. The summed E-state index contributed by atoms with van der Waals surface area (Å²) in [7, 11) is 0. The Bertz CT molecular complexity index is 713. The summed E-state index contributed by atoms with van der Waals surface area (Å²) < 4.78 is 38.0. The maximum absolute atomic E-state index is 12.7. The highest BCUT2D eigenvalue weighted by Gasteiger charge is 2.43. The van der Waals surface area contributed by atoms with Crippen LogP contribution >= 0.6 is 0 Å². The van der Waals surface area contributed by atoms with Gasteiger partial charge in [0.25, 0.3) is 5.91 Å². The maximum atomic E-state index is 12.7. The van der Waals surface area contributed by atoms with E-state index < -0.39 is 29.8 Å². The largest absolute Gasteiger partial charge is 0.416 e. The molecule has 1 aliphatic rings. The molecular formula is C18H16F3NO2. The standard InChI is InChI=1S/C18H16F3NO2/c19-18(20,21)13-8-6-11(7-9-13)10-14(12-4-2-1-3-5-12)15-16(23)17(24)22-15/h1-9,14-16,23H,10H2,(H,22,24)/t14?,15-,16+/m0/s1. The molecular weight excluding hydrogens is 319 g/mol. The Morgan fingerprint density at radius 2 is 1.67 bits per heavy atom. The smallest absolute Gasteiger partial charge is 0.381 e. The van der Waals surface area contributed by atoms with Gasteiger partial charge in [-0.3, -0.25) is 4.79 Å². The summed E-state index contributed by atoms with van der Waals surface area (Å²) in [6.45, 7) is 0. The molecule has 126 valence electrons. The molecule has 0 radical (unpaired) electrons. The molecule has 0 spiro atoms. The lowest BCUT2D eigenvalue weighted by molar-refractivity contribution is -0.143. The Morgan fingerprint density at radius 3 is 2.17 bits per heavy atom. The Labute approximate surface area is 137 Å². The van der Waals surface area contributed by atoms with Gasteiger partial charge in [0.2, 0.25) is 0 Å². The zero-order valence-electron chi connectivity index (χ0n) is 12.6. The van der Waals surface area contributed by atoms with Gasteiger partial charge in [0, 0.05) is 5.92 Å². The van der Waals surface area contributed by atoms with Crippen molar-refractivity contribution in [3.8, 4) is 0 Å². The lowest BCUT2D eigenvalue weighted by atomic mass is 9.79. The molecule has 0 bridgehead atoms. The minimum atomic E-state index is -4.37. The topological polar surface area (TPSA) is 49.3 Å². The first-order valence-electron chi connectivity index (χ1n) is 7.56. The quantitative estimate of drug-likeness (QED) is 0.844. The van der Waals surface area contributed by atoms with Gasteiger partial charge in [0.1, 0.15) is 0 Å². The fourth-order valence-corrected chi connectivity index (χ4v) is 2.95. The van der Waals surface area contributed by atoms with Gasteiger partial charge < -0.3 is 10.4 Å². The van der Waals surface area contributed by atoms with Crippen molar-refractivity contribution >= 4 is 5.91 Å². The van der Waals surface area contributed by atoms with Gasteiger partial charge in [-0.25, -0.2) is 0 Å². The van der Waals surface area contributed by atoms with E-state index >= 15 is 0 Å². The Hall–Kier alpha value is -2.34. The summed E-state index contributed by atoms with van der Waals surface area (Å²) in [4.78, 5) is 11.3. The van der Waals surface area contributed by atoms with Crippen LogP contribution in [0, 0.1) is 0 Å². The van der Waals surface area contributed by atoms with E-state index in [-0.39, 0.29) is 5.92 Å². The highest BCUT2D eigenvalue weighted by atomic mass is 19.4. The Morgan fingerprint density at radius 1 is 1.04 bits per heavy atom. The second-order valence-corrected chi connectivity index (χ2v) is 5.90. The van der Waals surface area contributed by atoms with Crippen molar-refractivity contribution in [1.82, 2.24) is 5.32 Å². The molecule has 0 saturated carbocycles. The van der Waals surface area contributed by atoms with E-state index in [1.807, 2.05) is 30.3 Å². The number of alkyl halides is 3. The van der Waals surface area contributed by atoms with Crippen LogP contribution in [-0.4, -0.2) is 23.2 Å². The van der Waals surface area contributed by atoms with E-state index in [4.69, 9.17) is 0 Å². The van der Waals surface area contributed by atoms with Crippen molar-refractivity contribution in [2.45, 2.75) is 30.7 Å². The number of benzene rings is 2. The van der Waals surface area contributed by atoms with Gasteiger partial charge >= 0.3 is 6.18 Å². The molecule has 2 N–H and O–H groups in total. The Kier molecular flexibility index (Phi) is 4.32. The minimum absolute atomic E-state index is 0.212. The molecule has 6 heteroatoms. The normalized spacial score (nSPS) is 21.8. The molecule has 0 aliphatic carbocycles. The maximum Gasteiger partial charge on any atom is 0.416 e. The highest BCUT2D eigenvalue weighted by Crippen LogP contribution is 2.32. The number of rotatable bonds is 4. The molecule has 2 aromatic carbocycles. The number of halogens is 3. The van der Waals surface area contributed by atoms with Gasteiger partial charge in [-0.15, -0.1) is 0 Å². The third-order valence-corrected chi connectivity index (χ3v) is 4.32. The lowest BCUT2D eigenvalue weighted by Crippen LogP contribution is -2.64. The third-order valence-electron chi connectivity index (χ3n) is 4.32. The molecule has 1 heterocycles. The summed E-state index contributed by atoms with van der Waals surface area (Å²) in [5.74, 6) is -0.635. The van der Waals surface area contributed by atoms with Crippen LogP contribution in [0.2, 0.25) is 0 Å². The second-order valence-electron chi connectivity index (χ2n) is 5.90. The monoisotopic (exact) mass is 335 g/mol. The number of carbonyl (C=O) groups is 1. The van der Waals surface area contributed by atoms with Crippen LogP contribution in [0.1, 0.15) is 22.6 Å². The van der Waals surface area contributed by atoms with Crippen LogP contribution in [-0.2, 0) is 17.4 Å². The van der Waals surface area contributed by atoms with Crippen LogP contribution in [0.5, 0.6) is 0 Å². The number of hydrogen-bond acceptors (Lipinski definition) is 2. The van der Waals surface area contributed by atoms with Crippen molar-refractivity contribution in [1.29, 1.82) is 0 Å². The molecule has 3 atom stereocenters. The number of hydrogen-bond donors (Lipinski definition) is 2. The summed E-state index contributed by atoms with van der Waals surface area (Å²) in [6, 6.07) is 13.8. The molecule has 1 fully saturated rings. The van der Waals surface area contributed by atoms with Crippen LogP contribution < -0.4 is 5.32 Å². The molecule has 0 aromatic heterocycles. The van der Waals surface area contributed by atoms with Crippen molar-refractivity contribution in [3.63, 3.8) is 0 Å². The van der Waals surface area contributed by atoms with Crippen molar-refractivity contribution in [2.24, 2.45) is 0 Å². The van der Waals surface area contributed by atoms with Crippen molar-refractivity contribution in [2.75, 3.05) is 0 Å². The van der Waals surface area contributed by atoms with E-state index in [1.165, 1.54) is 12.1 Å². The van der Waals surface area contributed by atoms with E-state index in [1.54, 1.807) is 0 Å². The minimum Gasteiger partial charge on any atom is -0.381 e. The zero-order chi connectivity index (χ0) is 17.3. The van der Waals surface area contributed by atoms with E-state index in [2.05, 4.69) is 5.32 Å². The molecule has 2 aromatic rings. The highest BCUT2D eigenvalue weighted by molar-refractivity contribution is 5.88. The molecule has 1 amide bonds. The summed E-state index contributed by atoms with van der Waals surface area (Å²) in [5, 5.41) is 12.6. The molecule has 1 aliphatic heterocycles. The summed E-state index contributed by atoms with van der Waals surface area (Å²) >= 11 is 0. The van der Waals surface area contributed by atoms with Gasteiger partial charge in [-0.2, -0.15) is 13.2 Å². The predicted molar refractivity (Wildman–Crippen MR) is 82.3 cm³/mol. The fraction of sp³-hybridized carbons (Fsp3) is 0.278. The first kappa shape index (κ1) is 16.5. The number of carbonyl (C=O) groups excluding carboxylic acids is 1. The summed E-state index contributed by atoms with van der Waals surface area (Å²) in [6.07, 6.45) is -5.04. The van der Waals surface area contributed by atoms with E-state index in [0.717, 1.165) is 17.7 Å². The van der Waals surface area contributed by atoms with Gasteiger partial charge in [0.15, 0.2) is 6.10 Å². The zero-order valence-corrected chi connectivity index (χ0v) is 12.6. The third kappa shape index (κ3) is 3.28. The number of aliphatic hydroxyl groups excluding tert-OH is 1. The Balaban J connectivity index is 1.83. The van der Waals surface area contributed by atoms with Gasteiger partial charge in [-0.1, -0.05) is 42.5 Å². The summed E-state index contributed by atoms with van der Waals surface area (Å²) in [5.41, 5.74) is 0.936. The van der Waals surface area contributed by atoms with Crippen molar-refractivity contribution in [3.05, 3.63) is 71.3 Å². The first-order chi connectivity index (χ1) is 11.4. The van der Waals surface area contributed by atoms with Crippen molar-refractivity contribution < 1.29 is 23.1 Å². The molecule has 1 unspecified atom stereocenters. The SMILES string of the molecule is O=C1N[C@@H](C(Cc2ccc(C(F)(F)F)cc2)c2ccccc2)[C@H]1O. The molecule has 1 saturated heterocycles. The second kappa shape index (κ2) is 6.28. The first-order valence-corrected chi connectivity index (χ1v) is 7.56. The number of β-lactam (4-membered cyclic amide) rings is 1. The van der Waals surface area contributed by atoms with E-state index in [0.29, 0.717) is 12.0 Å². The van der Waals surface area contributed by atoms with Crippen LogP contribution in [0.15, 0.2) is 54.6 Å².